The Hall–Kier alpha value is -2.55. The van der Waals surface area contributed by atoms with Crippen molar-refractivity contribution in [3.05, 3.63) is 53.1 Å². The molecule has 0 unspecified atom stereocenters. The Bertz CT molecular complexity index is 1180. The summed E-state index contributed by atoms with van der Waals surface area (Å²) in [4.78, 5) is 13.8. The van der Waals surface area contributed by atoms with Gasteiger partial charge in [0.2, 0.25) is 10.0 Å². The zero-order valence-electron chi connectivity index (χ0n) is 15.9. The largest absolute Gasteiger partial charge is 0.368 e. The molecule has 0 atom stereocenters. The molecule has 0 bridgehead atoms. The van der Waals surface area contributed by atoms with Gasteiger partial charge >= 0.3 is 0 Å². The SMILES string of the molecule is CN(C)C=NS(=O)(=O)c1cc(C(=O)N(NN)c2ccc(S(N)(=O)=O)cc2)ccc1Cl. The predicted octanol–water partition coefficient (Wildman–Crippen LogP) is 0.291. The van der Waals surface area contributed by atoms with Crippen LogP contribution in [0.25, 0.3) is 0 Å². The van der Waals surface area contributed by atoms with Crippen molar-refractivity contribution in [2.24, 2.45) is 15.4 Å². The van der Waals surface area contributed by atoms with E-state index < -0.39 is 26.0 Å². The number of nitrogens with two attached hydrogens (primary N) is 2. The number of carbonyl (C=O) groups excluding carboxylic acids is 1. The van der Waals surface area contributed by atoms with Crippen molar-refractivity contribution >= 4 is 49.6 Å². The van der Waals surface area contributed by atoms with Crippen molar-refractivity contribution in [3.63, 3.8) is 0 Å². The summed E-state index contributed by atoms with van der Waals surface area (Å²) < 4.78 is 51.1. The Morgan fingerprint density at radius 3 is 2.20 bits per heavy atom. The van der Waals surface area contributed by atoms with Crippen LogP contribution in [-0.4, -0.2) is 48.1 Å². The Morgan fingerprint density at radius 1 is 1.10 bits per heavy atom. The van der Waals surface area contributed by atoms with Crippen LogP contribution in [0.1, 0.15) is 10.4 Å². The minimum atomic E-state index is -4.17. The van der Waals surface area contributed by atoms with E-state index in [0.29, 0.717) is 0 Å². The van der Waals surface area contributed by atoms with Crippen LogP contribution < -0.4 is 21.5 Å². The van der Waals surface area contributed by atoms with Crippen LogP contribution in [0.4, 0.5) is 5.69 Å². The molecule has 11 nitrogen and oxygen atoms in total. The van der Waals surface area contributed by atoms with Gasteiger partial charge in [-0.15, -0.1) is 4.40 Å². The van der Waals surface area contributed by atoms with Crippen molar-refractivity contribution in [1.82, 2.24) is 10.4 Å². The smallest absolute Gasteiger partial charge is 0.285 e. The number of nitrogens with one attached hydrogen (secondary N) is 1. The number of amides is 1. The van der Waals surface area contributed by atoms with Gasteiger partial charge in [0.15, 0.2) is 0 Å². The van der Waals surface area contributed by atoms with E-state index in [1.54, 1.807) is 14.1 Å². The van der Waals surface area contributed by atoms with Crippen molar-refractivity contribution < 1.29 is 21.6 Å². The normalized spacial score (nSPS) is 12.2. The van der Waals surface area contributed by atoms with Gasteiger partial charge in [0.1, 0.15) is 11.2 Å². The minimum Gasteiger partial charge on any atom is -0.368 e. The number of rotatable bonds is 7. The molecule has 0 aliphatic rings. The summed E-state index contributed by atoms with van der Waals surface area (Å²) in [6.45, 7) is 0. The molecule has 162 valence electrons. The van der Waals surface area contributed by atoms with Crippen LogP contribution >= 0.6 is 11.6 Å². The second-order valence-electron chi connectivity index (χ2n) is 6.11. The third-order valence-electron chi connectivity index (χ3n) is 3.63. The van der Waals surface area contributed by atoms with Gasteiger partial charge in [-0.05, 0) is 42.5 Å². The number of nitrogens with zero attached hydrogens (tertiary/aromatic N) is 3. The predicted molar refractivity (Wildman–Crippen MR) is 113 cm³/mol. The van der Waals surface area contributed by atoms with E-state index in [1.807, 2.05) is 0 Å². The molecule has 2 aromatic carbocycles. The molecule has 2 rings (SSSR count). The summed E-state index contributed by atoms with van der Waals surface area (Å²) in [7, 11) is -4.90. The third-order valence-corrected chi connectivity index (χ3v) is 6.26. The molecule has 0 aliphatic carbocycles. The number of hydrogen-bond acceptors (Lipinski definition) is 7. The highest BCUT2D eigenvalue weighted by Gasteiger charge is 2.23. The zero-order valence-corrected chi connectivity index (χ0v) is 18.2. The van der Waals surface area contributed by atoms with E-state index in [-0.39, 0.29) is 26.1 Å². The summed E-state index contributed by atoms with van der Waals surface area (Å²) in [6, 6.07) is 8.59. The lowest BCUT2D eigenvalue weighted by molar-refractivity contribution is 0.0974. The summed E-state index contributed by atoms with van der Waals surface area (Å²) >= 11 is 5.99. The standard InChI is InChI=1S/C16H19ClN6O5S2/c1-22(2)10-20-30(27,28)15-9-11(3-8-14(15)17)16(24)23(21-18)12-4-6-13(7-5-12)29(19,25)26/h3-10,21H,18H2,1-2H3,(H2,19,25,26). The number of benzene rings is 2. The maximum atomic E-state index is 12.9. The first-order valence-corrected chi connectivity index (χ1v) is 11.4. The topological polar surface area (TPSA) is 168 Å². The lowest BCUT2D eigenvalue weighted by Crippen LogP contribution is -2.47. The van der Waals surface area contributed by atoms with E-state index in [9.17, 15) is 21.6 Å². The van der Waals surface area contributed by atoms with Crippen molar-refractivity contribution in [1.29, 1.82) is 0 Å². The molecular weight excluding hydrogens is 456 g/mol. The van der Waals surface area contributed by atoms with Gasteiger partial charge in [-0.1, -0.05) is 11.6 Å². The van der Waals surface area contributed by atoms with Gasteiger partial charge in [-0.25, -0.2) is 18.6 Å². The Balaban J connectivity index is 2.44. The van der Waals surface area contributed by atoms with Crippen molar-refractivity contribution in [3.8, 4) is 0 Å². The van der Waals surface area contributed by atoms with Gasteiger partial charge in [0, 0.05) is 19.7 Å². The number of anilines is 1. The van der Waals surface area contributed by atoms with E-state index in [0.717, 1.165) is 17.4 Å². The fourth-order valence-corrected chi connectivity index (χ4v) is 4.15. The Morgan fingerprint density at radius 2 is 1.70 bits per heavy atom. The van der Waals surface area contributed by atoms with Crippen LogP contribution in [0.15, 0.2) is 56.7 Å². The van der Waals surface area contributed by atoms with Gasteiger partial charge in [0.05, 0.1) is 15.6 Å². The van der Waals surface area contributed by atoms with Crippen LogP contribution in [-0.2, 0) is 20.0 Å². The van der Waals surface area contributed by atoms with E-state index in [1.165, 1.54) is 41.3 Å². The molecule has 2 aromatic rings. The molecule has 0 spiro atoms. The molecule has 0 fully saturated rings. The summed E-state index contributed by atoms with van der Waals surface area (Å²) in [5.41, 5.74) is 2.29. The Labute approximate surface area is 179 Å². The van der Waals surface area contributed by atoms with Gasteiger partial charge < -0.3 is 4.90 Å². The number of carbonyl (C=O) groups is 1. The molecule has 30 heavy (non-hydrogen) atoms. The van der Waals surface area contributed by atoms with Gasteiger partial charge in [-0.2, -0.15) is 14.0 Å². The molecule has 1 amide bonds. The maximum Gasteiger partial charge on any atom is 0.285 e. The van der Waals surface area contributed by atoms with Crippen molar-refractivity contribution in [2.75, 3.05) is 19.1 Å². The number of hydrazine groups is 2. The highest BCUT2D eigenvalue weighted by Crippen LogP contribution is 2.26. The maximum absolute atomic E-state index is 12.9. The molecular formula is C16H19ClN6O5S2. The number of primary sulfonamides is 1. The van der Waals surface area contributed by atoms with Gasteiger partial charge in [-0.3, -0.25) is 10.6 Å². The first-order valence-electron chi connectivity index (χ1n) is 8.07. The summed E-state index contributed by atoms with van der Waals surface area (Å²) in [5.74, 6) is 4.71. The molecule has 0 heterocycles. The minimum absolute atomic E-state index is 0.0634. The zero-order chi connectivity index (χ0) is 22.7. The number of sulfonamides is 2. The fraction of sp³-hybridized carbons (Fsp3) is 0.125. The molecule has 14 heteroatoms. The molecule has 0 saturated carbocycles. The van der Waals surface area contributed by atoms with Crippen LogP contribution in [0.5, 0.6) is 0 Å². The van der Waals surface area contributed by atoms with Crippen LogP contribution in [0, 0.1) is 0 Å². The quantitative estimate of drug-likeness (QED) is 0.222. The first kappa shape index (κ1) is 23.7. The molecule has 0 saturated heterocycles. The number of halogens is 1. The summed E-state index contributed by atoms with van der Waals surface area (Å²) in [6.07, 6.45) is 1.08. The van der Waals surface area contributed by atoms with E-state index >= 15 is 0 Å². The fourth-order valence-electron chi connectivity index (χ4n) is 2.21. The van der Waals surface area contributed by atoms with Crippen LogP contribution in [0.3, 0.4) is 0 Å². The molecule has 0 aliphatic heterocycles. The molecule has 0 aromatic heterocycles. The third kappa shape index (κ3) is 5.53. The summed E-state index contributed by atoms with van der Waals surface area (Å²) in [5, 5.41) is 5.81. The van der Waals surface area contributed by atoms with E-state index in [2.05, 4.69) is 9.93 Å². The molecule has 0 radical (unpaired) electrons. The van der Waals surface area contributed by atoms with Gasteiger partial charge in [0.25, 0.3) is 15.9 Å². The Kier molecular flexibility index (Phi) is 7.18. The number of hydrogen-bond donors (Lipinski definition) is 3. The average Bonchev–Trinajstić information content (AvgIpc) is 2.67. The highest BCUT2D eigenvalue weighted by atomic mass is 35.5. The van der Waals surface area contributed by atoms with Crippen LogP contribution in [0.2, 0.25) is 5.02 Å². The van der Waals surface area contributed by atoms with Crippen molar-refractivity contribution in [2.45, 2.75) is 9.79 Å². The lowest BCUT2D eigenvalue weighted by atomic mass is 10.2. The first-order chi connectivity index (χ1) is 13.9. The monoisotopic (exact) mass is 474 g/mol. The molecule has 5 N–H and O–H groups in total. The average molecular weight is 475 g/mol. The second kappa shape index (κ2) is 9.07. The lowest BCUT2D eigenvalue weighted by Gasteiger charge is -2.21. The highest BCUT2D eigenvalue weighted by molar-refractivity contribution is 7.90. The van der Waals surface area contributed by atoms with E-state index in [4.69, 9.17) is 22.6 Å². The second-order valence-corrected chi connectivity index (χ2v) is 9.68.